The minimum Gasteiger partial charge on any atom is -0.363 e. The predicted molar refractivity (Wildman–Crippen MR) is 141 cm³/mol. The lowest BCUT2D eigenvalue weighted by atomic mass is 9.85. The van der Waals surface area contributed by atoms with Gasteiger partial charge in [-0.15, -0.1) is 0 Å². The van der Waals surface area contributed by atoms with Crippen molar-refractivity contribution in [3.63, 3.8) is 0 Å². The standard InChI is InChI=1S/C26H44N6O6/c1-25(2,3)19(15-31-11-7-9-16(33)14-31)29-24(38)30-20(26(4,5)6)23(37)32-12-8-10-17(32)22(36)28-13-18(34)21(27)35/h17,19-20H,7-15H2,1-6H3,(H2,27,35)(H,28,36)(H2,29,30,38)/t17-,19+,20+/m0/s1. The largest absolute Gasteiger partial charge is 0.363 e. The molecule has 38 heavy (non-hydrogen) atoms. The van der Waals surface area contributed by atoms with E-state index in [4.69, 9.17) is 5.73 Å². The van der Waals surface area contributed by atoms with Gasteiger partial charge in [-0.2, -0.15) is 0 Å². The number of carbonyl (C=O) groups is 6. The Morgan fingerprint density at radius 2 is 1.63 bits per heavy atom. The molecule has 0 aliphatic carbocycles. The Balaban J connectivity index is 2.11. The van der Waals surface area contributed by atoms with Gasteiger partial charge in [0.05, 0.1) is 13.1 Å². The van der Waals surface area contributed by atoms with E-state index >= 15 is 0 Å². The fraction of sp³-hybridized carbons (Fsp3) is 0.769. The minimum absolute atomic E-state index is 0.190. The molecule has 0 saturated carbocycles. The van der Waals surface area contributed by atoms with Gasteiger partial charge < -0.3 is 26.6 Å². The highest BCUT2D eigenvalue weighted by Crippen LogP contribution is 2.26. The van der Waals surface area contributed by atoms with Crippen LogP contribution in [0.2, 0.25) is 0 Å². The van der Waals surface area contributed by atoms with Crippen molar-refractivity contribution in [1.82, 2.24) is 25.8 Å². The van der Waals surface area contributed by atoms with E-state index in [1.807, 2.05) is 46.4 Å². The maximum atomic E-state index is 13.6. The van der Waals surface area contributed by atoms with Gasteiger partial charge in [-0.1, -0.05) is 41.5 Å². The van der Waals surface area contributed by atoms with E-state index in [1.165, 1.54) is 4.90 Å². The number of rotatable bonds is 9. The number of piperidine rings is 1. The van der Waals surface area contributed by atoms with Crippen LogP contribution in [0, 0.1) is 10.8 Å². The zero-order valence-corrected chi connectivity index (χ0v) is 23.5. The topological polar surface area (TPSA) is 171 Å². The van der Waals surface area contributed by atoms with Crippen LogP contribution in [0.25, 0.3) is 0 Å². The van der Waals surface area contributed by atoms with Crippen LogP contribution in [0.5, 0.6) is 0 Å². The van der Waals surface area contributed by atoms with Crippen molar-refractivity contribution in [1.29, 1.82) is 0 Å². The first-order valence-electron chi connectivity index (χ1n) is 13.2. The molecule has 2 aliphatic heterocycles. The van der Waals surface area contributed by atoms with Gasteiger partial charge in [-0.3, -0.25) is 28.9 Å². The summed E-state index contributed by atoms with van der Waals surface area (Å²) in [5.74, 6) is -2.84. The van der Waals surface area contributed by atoms with Crippen LogP contribution >= 0.6 is 0 Å². The first-order chi connectivity index (χ1) is 17.5. The first kappa shape index (κ1) is 31.2. The molecule has 0 radical (unpaired) electrons. The highest BCUT2D eigenvalue weighted by Gasteiger charge is 2.42. The van der Waals surface area contributed by atoms with Crippen molar-refractivity contribution in [2.45, 2.75) is 85.4 Å². The number of nitrogens with one attached hydrogen (secondary N) is 3. The Morgan fingerprint density at radius 1 is 0.974 bits per heavy atom. The maximum Gasteiger partial charge on any atom is 0.315 e. The van der Waals surface area contributed by atoms with Crippen LogP contribution in [-0.2, 0) is 24.0 Å². The summed E-state index contributed by atoms with van der Waals surface area (Å²) in [6.45, 7) is 12.9. The number of ketones is 2. The first-order valence-corrected chi connectivity index (χ1v) is 13.2. The summed E-state index contributed by atoms with van der Waals surface area (Å²) in [6, 6.07) is -2.54. The highest BCUT2D eigenvalue weighted by molar-refractivity contribution is 6.36. The summed E-state index contributed by atoms with van der Waals surface area (Å²) in [7, 11) is 0. The fourth-order valence-corrected chi connectivity index (χ4v) is 4.68. The second-order valence-electron chi connectivity index (χ2n) is 12.4. The van der Waals surface area contributed by atoms with Gasteiger partial charge in [0.25, 0.3) is 5.91 Å². The monoisotopic (exact) mass is 536 g/mol. The molecule has 0 bridgehead atoms. The van der Waals surface area contributed by atoms with E-state index in [0.717, 1.165) is 13.0 Å². The number of nitrogens with two attached hydrogens (primary N) is 1. The third-order valence-electron chi connectivity index (χ3n) is 7.05. The SMILES string of the molecule is CC(C)(C)[C@H](NC(=O)N[C@H](CN1CCCC(=O)C1)C(C)(C)C)C(=O)N1CCC[C@H]1C(=O)NCC(=O)C(N)=O. The molecule has 2 heterocycles. The third-order valence-corrected chi connectivity index (χ3v) is 7.05. The summed E-state index contributed by atoms with van der Waals surface area (Å²) < 4.78 is 0. The van der Waals surface area contributed by atoms with Crippen LogP contribution in [0.4, 0.5) is 4.79 Å². The maximum absolute atomic E-state index is 13.6. The molecule has 12 nitrogen and oxygen atoms in total. The molecule has 214 valence electrons. The minimum atomic E-state index is -1.15. The zero-order valence-electron chi connectivity index (χ0n) is 23.5. The van der Waals surface area contributed by atoms with Crippen molar-refractivity contribution in [2.75, 3.05) is 32.7 Å². The number of urea groups is 1. The number of amides is 5. The molecule has 2 aliphatic rings. The second-order valence-corrected chi connectivity index (χ2v) is 12.4. The van der Waals surface area contributed by atoms with Crippen LogP contribution < -0.4 is 21.7 Å². The van der Waals surface area contributed by atoms with Crippen LogP contribution in [0.1, 0.15) is 67.2 Å². The number of hydrogen-bond acceptors (Lipinski definition) is 7. The molecule has 5 N–H and O–H groups in total. The molecule has 2 fully saturated rings. The summed E-state index contributed by atoms with van der Waals surface area (Å²) in [4.78, 5) is 77.4. The molecule has 3 atom stereocenters. The quantitative estimate of drug-likeness (QED) is 0.299. The number of Topliss-reactive ketones (excluding diaryl/α,β-unsaturated/α-hetero) is 2. The van der Waals surface area contributed by atoms with Crippen molar-refractivity contribution in [3.05, 3.63) is 0 Å². The van der Waals surface area contributed by atoms with Crippen molar-refractivity contribution in [2.24, 2.45) is 16.6 Å². The number of hydrogen-bond donors (Lipinski definition) is 4. The second kappa shape index (κ2) is 12.7. The molecule has 0 aromatic carbocycles. The normalized spacial score (nSPS) is 20.4. The van der Waals surface area contributed by atoms with Crippen LogP contribution in [0.15, 0.2) is 0 Å². The van der Waals surface area contributed by atoms with Crippen LogP contribution in [-0.4, -0.2) is 96.0 Å². The molecule has 0 aromatic rings. The van der Waals surface area contributed by atoms with E-state index < -0.39 is 53.6 Å². The number of nitrogens with zero attached hydrogens (tertiary/aromatic N) is 2. The molecule has 0 unspecified atom stereocenters. The lowest BCUT2D eigenvalue weighted by molar-refractivity contribution is -0.142. The van der Waals surface area contributed by atoms with E-state index in [0.29, 0.717) is 38.9 Å². The smallest absolute Gasteiger partial charge is 0.315 e. The van der Waals surface area contributed by atoms with Gasteiger partial charge in [-0.25, -0.2) is 4.79 Å². The molecule has 0 spiro atoms. The van der Waals surface area contributed by atoms with E-state index in [2.05, 4.69) is 16.0 Å². The summed E-state index contributed by atoms with van der Waals surface area (Å²) in [5.41, 5.74) is 3.96. The molecule has 2 saturated heterocycles. The molecular formula is C26H44N6O6. The third kappa shape index (κ3) is 8.78. The average molecular weight is 537 g/mol. The number of carbonyl (C=O) groups excluding carboxylic acids is 6. The molecule has 0 aromatic heterocycles. The Morgan fingerprint density at radius 3 is 2.18 bits per heavy atom. The summed E-state index contributed by atoms with van der Waals surface area (Å²) in [5, 5.41) is 8.23. The van der Waals surface area contributed by atoms with Crippen molar-refractivity contribution in [3.8, 4) is 0 Å². The zero-order chi connectivity index (χ0) is 28.8. The highest BCUT2D eigenvalue weighted by atomic mass is 16.2. The number of likely N-dealkylation sites (tertiary alicyclic amines) is 2. The predicted octanol–water partition coefficient (Wildman–Crippen LogP) is -0.0585. The van der Waals surface area contributed by atoms with E-state index in [1.54, 1.807) is 0 Å². The van der Waals surface area contributed by atoms with Crippen LogP contribution in [0.3, 0.4) is 0 Å². The summed E-state index contributed by atoms with van der Waals surface area (Å²) >= 11 is 0. The van der Waals surface area contributed by atoms with Crippen molar-refractivity contribution < 1.29 is 28.8 Å². The van der Waals surface area contributed by atoms with Gasteiger partial charge in [-0.05, 0) is 36.6 Å². The Hall–Kier alpha value is -3.02. The van der Waals surface area contributed by atoms with E-state index in [9.17, 15) is 28.8 Å². The van der Waals surface area contributed by atoms with Gasteiger partial charge in [0.1, 0.15) is 17.9 Å². The molecule has 12 heteroatoms. The molecule has 2 rings (SSSR count). The van der Waals surface area contributed by atoms with Gasteiger partial charge in [0.2, 0.25) is 17.6 Å². The van der Waals surface area contributed by atoms with Gasteiger partial charge >= 0.3 is 6.03 Å². The van der Waals surface area contributed by atoms with Crippen molar-refractivity contribution >= 4 is 35.3 Å². The number of primary amides is 1. The van der Waals surface area contributed by atoms with E-state index in [-0.39, 0.29) is 17.2 Å². The summed E-state index contributed by atoms with van der Waals surface area (Å²) in [6.07, 6.45) is 2.35. The lowest BCUT2D eigenvalue weighted by Crippen LogP contribution is -2.61. The van der Waals surface area contributed by atoms with Gasteiger partial charge in [0.15, 0.2) is 0 Å². The molecule has 5 amide bonds. The average Bonchev–Trinajstić information content (AvgIpc) is 3.28. The Kier molecular flexibility index (Phi) is 10.4. The lowest BCUT2D eigenvalue weighted by Gasteiger charge is -2.39. The molecular weight excluding hydrogens is 492 g/mol. The Bertz CT molecular complexity index is 937. The fourth-order valence-electron chi connectivity index (χ4n) is 4.68. The van der Waals surface area contributed by atoms with Gasteiger partial charge in [0, 0.05) is 25.6 Å². The Labute approximate surface area is 224 Å².